The molecule has 0 aromatic heterocycles. The molecule has 2 aliphatic rings. The summed E-state index contributed by atoms with van der Waals surface area (Å²) >= 11 is 0. The number of ether oxygens (including phenoxy) is 1. The zero-order valence-corrected chi connectivity index (χ0v) is 15.7. The van der Waals surface area contributed by atoms with Gasteiger partial charge in [-0.1, -0.05) is 6.07 Å². The summed E-state index contributed by atoms with van der Waals surface area (Å²) in [5.41, 5.74) is 1.31. The van der Waals surface area contributed by atoms with Crippen molar-refractivity contribution in [1.82, 2.24) is 9.80 Å². The van der Waals surface area contributed by atoms with Gasteiger partial charge in [-0.3, -0.25) is 14.5 Å². The molecule has 2 fully saturated rings. The van der Waals surface area contributed by atoms with Gasteiger partial charge in [-0.2, -0.15) is 0 Å². The largest absolute Gasteiger partial charge is 0.373 e. The highest BCUT2D eigenvalue weighted by molar-refractivity contribution is 5.97. The van der Waals surface area contributed by atoms with E-state index in [2.05, 4.69) is 10.2 Å². The van der Waals surface area contributed by atoms with Crippen molar-refractivity contribution in [2.75, 3.05) is 38.0 Å². The van der Waals surface area contributed by atoms with Crippen molar-refractivity contribution in [3.05, 3.63) is 29.8 Å². The van der Waals surface area contributed by atoms with Gasteiger partial charge in [-0.05, 0) is 51.3 Å². The first-order valence-electron chi connectivity index (χ1n) is 9.58. The van der Waals surface area contributed by atoms with Crippen molar-refractivity contribution >= 4 is 17.5 Å². The van der Waals surface area contributed by atoms with Crippen LogP contribution >= 0.6 is 0 Å². The van der Waals surface area contributed by atoms with E-state index in [0.29, 0.717) is 17.8 Å². The van der Waals surface area contributed by atoms with Crippen LogP contribution in [0.15, 0.2) is 24.3 Å². The SMILES string of the molecule is C[C@@H]1CN(CC(=O)Nc2cccc(C(=O)N3CCCCC3)c2)C[C@H](C)O1. The van der Waals surface area contributed by atoms with E-state index in [0.717, 1.165) is 39.0 Å². The molecule has 26 heavy (non-hydrogen) atoms. The number of hydrogen-bond acceptors (Lipinski definition) is 4. The van der Waals surface area contributed by atoms with Crippen LogP contribution in [-0.2, 0) is 9.53 Å². The molecule has 0 aliphatic carbocycles. The lowest BCUT2D eigenvalue weighted by Crippen LogP contribution is -2.48. The number of carbonyl (C=O) groups is 2. The fourth-order valence-corrected chi connectivity index (χ4v) is 3.83. The Balaban J connectivity index is 1.57. The standard InChI is InChI=1S/C20H29N3O3/c1-15-12-22(13-16(2)26-15)14-19(24)21-18-8-6-7-17(11-18)20(25)23-9-4-3-5-10-23/h6-8,11,15-16H,3-5,9-10,12-14H2,1-2H3,(H,21,24)/t15-,16+. The monoisotopic (exact) mass is 359 g/mol. The number of amides is 2. The maximum Gasteiger partial charge on any atom is 0.253 e. The third kappa shape index (κ3) is 5.05. The van der Waals surface area contributed by atoms with Gasteiger partial charge in [-0.25, -0.2) is 0 Å². The molecule has 1 aromatic rings. The van der Waals surface area contributed by atoms with E-state index < -0.39 is 0 Å². The summed E-state index contributed by atoms with van der Waals surface area (Å²) < 4.78 is 5.70. The highest BCUT2D eigenvalue weighted by Crippen LogP contribution is 2.17. The topological polar surface area (TPSA) is 61.9 Å². The molecule has 6 heteroatoms. The number of rotatable bonds is 4. The van der Waals surface area contributed by atoms with Crippen LogP contribution in [0.1, 0.15) is 43.5 Å². The summed E-state index contributed by atoms with van der Waals surface area (Å²) in [6.45, 7) is 7.54. The summed E-state index contributed by atoms with van der Waals surface area (Å²) in [7, 11) is 0. The van der Waals surface area contributed by atoms with E-state index in [1.807, 2.05) is 36.9 Å². The molecule has 2 heterocycles. The summed E-state index contributed by atoms with van der Waals surface area (Å²) in [5, 5.41) is 2.92. The molecule has 0 bridgehead atoms. The number of benzene rings is 1. The number of nitrogens with zero attached hydrogens (tertiary/aromatic N) is 2. The van der Waals surface area contributed by atoms with E-state index in [4.69, 9.17) is 4.74 Å². The van der Waals surface area contributed by atoms with E-state index in [9.17, 15) is 9.59 Å². The molecule has 2 aliphatic heterocycles. The third-order valence-electron chi connectivity index (χ3n) is 4.90. The molecule has 0 saturated carbocycles. The van der Waals surface area contributed by atoms with Crippen LogP contribution in [0, 0.1) is 0 Å². The van der Waals surface area contributed by atoms with Gasteiger partial charge in [0.25, 0.3) is 5.91 Å². The Morgan fingerprint density at radius 1 is 1.12 bits per heavy atom. The zero-order valence-electron chi connectivity index (χ0n) is 15.7. The van der Waals surface area contributed by atoms with Crippen molar-refractivity contribution in [3.8, 4) is 0 Å². The lowest BCUT2D eigenvalue weighted by molar-refractivity contribution is -0.121. The molecule has 0 radical (unpaired) electrons. The third-order valence-corrected chi connectivity index (χ3v) is 4.90. The number of piperidine rings is 1. The van der Waals surface area contributed by atoms with Crippen LogP contribution in [0.3, 0.4) is 0 Å². The molecule has 2 atom stereocenters. The van der Waals surface area contributed by atoms with Crippen LogP contribution in [-0.4, -0.2) is 66.5 Å². The molecule has 0 spiro atoms. The minimum Gasteiger partial charge on any atom is -0.373 e. The first-order chi connectivity index (χ1) is 12.5. The Bertz CT molecular complexity index is 633. The van der Waals surface area contributed by atoms with Crippen molar-refractivity contribution in [3.63, 3.8) is 0 Å². The molecule has 2 amide bonds. The predicted molar refractivity (Wildman–Crippen MR) is 101 cm³/mol. The van der Waals surface area contributed by atoms with Crippen LogP contribution in [0.2, 0.25) is 0 Å². The Morgan fingerprint density at radius 3 is 2.50 bits per heavy atom. The number of carbonyl (C=O) groups excluding carboxylic acids is 2. The molecule has 6 nitrogen and oxygen atoms in total. The van der Waals surface area contributed by atoms with Crippen molar-refractivity contribution in [1.29, 1.82) is 0 Å². The van der Waals surface area contributed by atoms with Crippen LogP contribution in [0.25, 0.3) is 0 Å². The lowest BCUT2D eigenvalue weighted by Gasteiger charge is -2.34. The van der Waals surface area contributed by atoms with Gasteiger partial charge in [0, 0.05) is 37.4 Å². The Labute approximate surface area is 155 Å². The summed E-state index contributed by atoms with van der Waals surface area (Å²) in [6, 6.07) is 7.25. The molecule has 0 unspecified atom stereocenters. The maximum absolute atomic E-state index is 12.6. The fraction of sp³-hybridized carbons (Fsp3) is 0.600. The first kappa shape index (κ1) is 18.9. The van der Waals surface area contributed by atoms with Gasteiger partial charge in [-0.15, -0.1) is 0 Å². The molecule has 142 valence electrons. The molecule has 2 saturated heterocycles. The van der Waals surface area contributed by atoms with Gasteiger partial charge in [0.1, 0.15) is 0 Å². The first-order valence-corrected chi connectivity index (χ1v) is 9.58. The smallest absolute Gasteiger partial charge is 0.253 e. The second kappa shape index (κ2) is 8.64. The van der Waals surface area contributed by atoms with Crippen LogP contribution in [0.4, 0.5) is 5.69 Å². The molecule has 1 aromatic carbocycles. The predicted octanol–water partition coefficient (Wildman–Crippen LogP) is 2.36. The minimum atomic E-state index is -0.0612. The minimum absolute atomic E-state index is 0.0524. The van der Waals surface area contributed by atoms with Gasteiger partial charge >= 0.3 is 0 Å². The van der Waals surface area contributed by atoms with E-state index in [-0.39, 0.29) is 24.0 Å². The summed E-state index contributed by atoms with van der Waals surface area (Å²) in [4.78, 5) is 29.0. The summed E-state index contributed by atoms with van der Waals surface area (Å²) in [5.74, 6) is -0.00880. The Kier molecular flexibility index (Phi) is 6.27. The maximum atomic E-state index is 12.6. The quantitative estimate of drug-likeness (QED) is 0.896. The highest BCUT2D eigenvalue weighted by atomic mass is 16.5. The molecule has 3 rings (SSSR count). The summed E-state index contributed by atoms with van der Waals surface area (Å²) in [6.07, 6.45) is 3.60. The van der Waals surface area contributed by atoms with Crippen molar-refractivity contribution in [2.24, 2.45) is 0 Å². The zero-order chi connectivity index (χ0) is 18.5. The second-order valence-electron chi connectivity index (χ2n) is 7.43. The lowest BCUT2D eigenvalue weighted by atomic mass is 10.1. The number of nitrogens with one attached hydrogen (secondary N) is 1. The van der Waals surface area contributed by atoms with Crippen molar-refractivity contribution in [2.45, 2.75) is 45.3 Å². The number of likely N-dealkylation sites (tertiary alicyclic amines) is 1. The van der Waals surface area contributed by atoms with E-state index in [1.54, 1.807) is 6.07 Å². The fourth-order valence-electron chi connectivity index (χ4n) is 3.83. The second-order valence-corrected chi connectivity index (χ2v) is 7.43. The van der Waals surface area contributed by atoms with E-state index in [1.165, 1.54) is 6.42 Å². The van der Waals surface area contributed by atoms with Gasteiger partial charge < -0.3 is 15.0 Å². The van der Waals surface area contributed by atoms with Gasteiger partial charge in [0.05, 0.1) is 18.8 Å². The van der Waals surface area contributed by atoms with Gasteiger partial charge in [0.2, 0.25) is 5.91 Å². The number of hydrogen-bond donors (Lipinski definition) is 1. The normalized spacial score (nSPS) is 24.3. The average molecular weight is 359 g/mol. The highest BCUT2D eigenvalue weighted by Gasteiger charge is 2.24. The molecular formula is C20H29N3O3. The Hall–Kier alpha value is -1.92. The Morgan fingerprint density at radius 2 is 1.81 bits per heavy atom. The van der Waals surface area contributed by atoms with Crippen LogP contribution in [0.5, 0.6) is 0 Å². The molecule has 1 N–H and O–H groups in total. The van der Waals surface area contributed by atoms with Crippen molar-refractivity contribution < 1.29 is 14.3 Å². The molecular weight excluding hydrogens is 330 g/mol. The van der Waals surface area contributed by atoms with Crippen LogP contribution < -0.4 is 5.32 Å². The number of morpholine rings is 1. The number of anilines is 1. The van der Waals surface area contributed by atoms with Gasteiger partial charge in [0.15, 0.2) is 0 Å². The average Bonchev–Trinajstić information content (AvgIpc) is 2.61. The van der Waals surface area contributed by atoms with E-state index >= 15 is 0 Å².